The first-order valence-corrected chi connectivity index (χ1v) is 5.78. The van der Waals surface area contributed by atoms with Gasteiger partial charge in [0.2, 0.25) is 0 Å². The van der Waals surface area contributed by atoms with Crippen LogP contribution in [-0.4, -0.2) is 37.6 Å². The Hall–Kier alpha value is 0.140. The standard InChI is InChI=1S/C10H19BrN2/c1-3-13-5-4-10(8-13)7-12-6-9(2)11/h10,12H,2-8H2,1H3. The molecule has 0 saturated carbocycles. The van der Waals surface area contributed by atoms with Gasteiger partial charge in [-0.1, -0.05) is 29.4 Å². The fourth-order valence-electron chi connectivity index (χ4n) is 1.78. The zero-order chi connectivity index (χ0) is 9.68. The Morgan fingerprint density at radius 2 is 2.46 bits per heavy atom. The fraction of sp³-hybridized carbons (Fsp3) is 0.800. The molecule has 13 heavy (non-hydrogen) atoms. The molecule has 1 atom stereocenters. The van der Waals surface area contributed by atoms with Gasteiger partial charge in [0.1, 0.15) is 0 Å². The van der Waals surface area contributed by atoms with Crippen molar-refractivity contribution in [3.8, 4) is 0 Å². The van der Waals surface area contributed by atoms with Crippen LogP contribution in [0, 0.1) is 5.92 Å². The largest absolute Gasteiger partial charge is 0.312 e. The second-order valence-corrected chi connectivity index (χ2v) is 4.82. The zero-order valence-corrected chi connectivity index (χ0v) is 9.94. The van der Waals surface area contributed by atoms with Crippen LogP contribution in [0.15, 0.2) is 11.1 Å². The van der Waals surface area contributed by atoms with E-state index >= 15 is 0 Å². The van der Waals surface area contributed by atoms with E-state index in [4.69, 9.17) is 0 Å². The molecule has 0 aromatic heterocycles. The Labute approximate surface area is 89.5 Å². The highest BCUT2D eigenvalue weighted by Gasteiger charge is 2.20. The number of rotatable bonds is 5. The van der Waals surface area contributed by atoms with Crippen molar-refractivity contribution in [3.05, 3.63) is 11.1 Å². The number of halogens is 1. The van der Waals surface area contributed by atoms with Crippen LogP contribution in [0.2, 0.25) is 0 Å². The molecule has 0 spiro atoms. The topological polar surface area (TPSA) is 15.3 Å². The van der Waals surface area contributed by atoms with Crippen molar-refractivity contribution in [2.45, 2.75) is 13.3 Å². The van der Waals surface area contributed by atoms with Gasteiger partial charge < -0.3 is 10.2 Å². The first kappa shape index (κ1) is 11.2. The Morgan fingerprint density at radius 1 is 1.69 bits per heavy atom. The van der Waals surface area contributed by atoms with Crippen molar-refractivity contribution in [3.63, 3.8) is 0 Å². The molecule has 0 aromatic carbocycles. The molecule has 1 heterocycles. The Bertz CT molecular complexity index is 170. The number of hydrogen-bond donors (Lipinski definition) is 1. The molecule has 1 unspecified atom stereocenters. The molecule has 1 rings (SSSR count). The van der Waals surface area contributed by atoms with Crippen molar-refractivity contribution in [1.82, 2.24) is 10.2 Å². The van der Waals surface area contributed by atoms with Crippen LogP contribution in [0.3, 0.4) is 0 Å². The maximum atomic E-state index is 3.79. The fourth-order valence-corrected chi connectivity index (χ4v) is 1.98. The summed E-state index contributed by atoms with van der Waals surface area (Å²) in [7, 11) is 0. The van der Waals surface area contributed by atoms with Gasteiger partial charge in [-0.25, -0.2) is 0 Å². The van der Waals surface area contributed by atoms with E-state index in [2.05, 4.69) is 39.6 Å². The molecule has 1 fully saturated rings. The Morgan fingerprint density at radius 3 is 3.00 bits per heavy atom. The molecule has 1 saturated heterocycles. The Kier molecular flexibility index (Phi) is 4.99. The average molecular weight is 247 g/mol. The van der Waals surface area contributed by atoms with E-state index in [0.717, 1.165) is 23.5 Å². The molecule has 0 amide bonds. The molecule has 1 N–H and O–H groups in total. The summed E-state index contributed by atoms with van der Waals surface area (Å²) < 4.78 is 1.04. The number of nitrogens with one attached hydrogen (secondary N) is 1. The lowest BCUT2D eigenvalue weighted by Crippen LogP contribution is -2.27. The average Bonchev–Trinajstić information content (AvgIpc) is 2.52. The smallest absolute Gasteiger partial charge is 0.0265 e. The molecule has 2 nitrogen and oxygen atoms in total. The normalized spacial score (nSPS) is 23.7. The summed E-state index contributed by atoms with van der Waals surface area (Å²) in [6.45, 7) is 11.8. The molecule has 0 bridgehead atoms. The maximum absolute atomic E-state index is 3.79. The van der Waals surface area contributed by atoms with Crippen LogP contribution in [0.25, 0.3) is 0 Å². The lowest BCUT2D eigenvalue weighted by atomic mass is 10.1. The van der Waals surface area contributed by atoms with E-state index < -0.39 is 0 Å². The molecule has 3 heteroatoms. The van der Waals surface area contributed by atoms with E-state index in [0.29, 0.717) is 0 Å². The van der Waals surface area contributed by atoms with E-state index in [1.54, 1.807) is 0 Å². The molecule has 0 aliphatic carbocycles. The third-order valence-electron chi connectivity index (χ3n) is 2.57. The molecular weight excluding hydrogens is 228 g/mol. The highest BCUT2D eigenvalue weighted by molar-refractivity contribution is 9.11. The minimum atomic E-state index is 0.840. The molecule has 1 aliphatic rings. The van der Waals surface area contributed by atoms with E-state index in [9.17, 15) is 0 Å². The van der Waals surface area contributed by atoms with E-state index in [1.165, 1.54) is 26.1 Å². The van der Waals surface area contributed by atoms with Crippen molar-refractivity contribution in [2.24, 2.45) is 5.92 Å². The van der Waals surface area contributed by atoms with Crippen LogP contribution >= 0.6 is 15.9 Å². The van der Waals surface area contributed by atoms with Gasteiger partial charge in [0.15, 0.2) is 0 Å². The number of hydrogen-bond acceptors (Lipinski definition) is 2. The minimum absolute atomic E-state index is 0.840. The lowest BCUT2D eigenvalue weighted by Gasteiger charge is -2.13. The van der Waals surface area contributed by atoms with Crippen molar-refractivity contribution in [2.75, 3.05) is 32.7 Å². The molecule has 76 valence electrons. The minimum Gasteiger partial charge on any atom is -0.312 e. The summed E-state index contributed by atoms with van der Waals surface area (Å²) in [6.07, 6.45) is 1.34. The van der Waals surface area contributed by atoms with Crippen LogP contribution in [0.1, 0.15) is 13.3 Å². The van der Waals surface area contributed by atoms with E-state index in [1.807, 2.05) is 0 Å². The lowest BCUT2D eigenvalue weighted by molar-refractivity contribution is 0.340. The second kappa shape index (κ2) is 5.78. The molecular formula is C10H19BrN2. The molecule has 0 radical (unpaired) electrons. The second-order valence-electron chi connectivity index (χ2n) is 3.70. The predicted octanol–water partition coefficient (Wildman–Crippen LogP) is 1.83. The van der Waals surface area contributed by atoms with Gasteiger partial charge in [-0.3, -0.25) is 0 Å². The van der Waals surface area contributed by atoms with Gasteiger partial charge >= 0.3 is 0 Å². The first-order chi connectivity index (χ1) is 6.22. The number of likely N-dealkylation sites (tertiary alicyclic amines) is 1. The summed E-state index contributed by atoms with van der Waals surface area (Å²) in [5.41, 5.74) is 0. The third kappa shape index (κ3) is 4.25. The summed E-state index contributed by atoms with van der Waals surface area (Å²) in [5, 5.41) is 3.40. The van der Waals surface area contributed by atoms with Crippen molar-refractivity contribution in [1.29, 1.82) is 0 Å². The van der Waals surface area contributed by atoms with Gasteiger partial charge in [-0.05, 0) is 32.0 Å². The number of nitrogens with zero attached hydrogens (tertiary/aromatic N) is 1. The van der Waals surface area contributed by atoms with Crippen LogP contribution in [0.4, 0.5) is 0 Å². The van der Waals surface area contributed by atoms with Gasteiger partial charge in [0.05, 0.1) is 0 Å². The highest BCUT2D eigenvalue weighted by atomic mass is 79.9. The van der Waals surface area contributed by atoms with Crippen molar-refractivity contribution < 1.29 is 0 Å². The van der Waals surface area contributed by atoms with Crippen LogP contribution in [0.5, 0.6) is 0 Å². The summed E-state index contributed by atoms with van der Waals surface area (Å²) in [6, 6.07) is 0. The quantitative estimate of drug-likeness (QED) is 0.797. The SMILES string of the molecule is C=C(Br)CNCC1CCN(CC)C1. The first-order valence-electron chi connectivity index (χ1n) is 4.98. The maximum Gasteiger partial charge on any atom is 0.0265 e. The van der Waals surface area contributed by atoms with Gasteiger partial charge in [-0.15, -0.1) is 0 Å². The molecule has 1 aliphatic heterocycles. The van der Waals surface area contributed by atoms with E-state index in [-0.39, 0.29) is 0 Å². The van der Waals surface area contributed by atoms with Crippen molar-refractivity contribution >= 4 is 15.9 Å². The van der Waals surface area contributed by atoms with Gasteiger partial charge in [0.25, 0.3) is 0 Å². The van der Waals surface area contributed by atoms with Gasteiger partial charge in [0, 0.05) is 17.6 Å². The summed E-state index contributed by atoms with van der Waals surface area (Å²) in [5.74, 6) is 0.840. The zero-order valence-electron chi connectivity index (χ0n) is 8.35. The summed E-state index contributed by atoms with van der Waals surface area (Å²) in [4.78, 5) is 2.51. The summed E-state index contributed by atoms with van der Waals surface area (Å²) >= 11 is 3.34. The Balaban J connectivity index is 2.07. The predicted molar refractivity (Wildman–Crippen MR) is 61.2 cm³/mol. The molecule has 0 aromatic rings. The van der Waals surface area contributed by atoms with Crippen LogP contribution in [-0.2, 0) is 0 Å². The third-order valence-corrected chi connectivity index (χ3v) is 2.85. The monoisotopic (exact) mass is 246 g/mol. The van der Waals surface area contributed by atoms with Gasteiger partial charge in [-0.2, -0.15) is 0 Å². The highest BCUT2D eigenvalue weighted by Crippen LogP contribution is 2.14. The van der Waals surface area contributed by atoms with Crippen LogP contribution < -0.4 is 5.32 Å².